The molecule has 0 radical (unpaired) electrons. The zero-order chi connectivity index (χ0) is 14.7. The Morgan fingerprint density at radius 2 is 2.20 bits per heavy atom. The lowest BCUT2D eigenvalue weighted by Gasteiger charge is -2.29. The van der Waals surface area contributed by atoms with E-state index in [-0.39, 0.29) is 0 Å². The summed E-state index contributed by atoms with van der Waals surface area (Å²) in [5, 5.41) is 3.30. The minimum atomic E-state index is 0.370. The summed E-state index contributed by atoms with van der Waals surface area (Å²) in [4.78, 5) is 4.84. The molecule has 2 unspecified atom stereocenters. The van der Waals surface area contributed by atoms with Gasteiger partial charge in [0.05, 0.1) is 0 Å². The molecule has 0 aliphatic carbocycles. The van der Waals surface area contributed by atoms with E-state index < -0.39 is 0 Å². The number of hydrogen-bond acceptors (Lipinski definition) is 3. The first-order valence-corrected chi connectivity index (χ1v) is 8.20. The summed E-state index contributed by atoms with van der Waals surface area (Å²) < 4.78 is 1.20. The summed E-state index contributed by atoms with van der Waals surface area (Å²) in [6.07, 6.45) is 2.59. The number of nitrogens with one attached hydrogen (secondary N) is 1. The minimum absolute atomic E-state index is 0.370. The molecule has 1 saturated heterocycles. The summed E-state index contributed by atoms with van der Waals surface area (Å²) in [6.45, 7) is 4.49. The lowest BCUT2D eigenvalue weighted by Crippen LogP contribution is -2.37. The van der Waals surface area contributed by atoms with Gasteiger partial charge in [0.25, 0.3) is 0 Å². The molecular formula is C16H26BrN3. The van der Waals surface area contributed by atoms with Gasteiger partial charge >= 0.3 is 0 Å². The average molecular weight is 340 g/mol. The van der Waals surface area contributed by atoms with Crippen molar-refractivity contribution >= 4 is 21.6 Å². The second kappa shape index (κ2) is 6.92. The van der Waals surface area contributed by atoms with Gasteiger partial charge in [-0.1, -0.05) is 22.0 Å². The summed E-state index contributed by atoms with van der Waals surface area (Å²) in [5.74, 6) is 0. The van der Waals surface area contributed by atoms with E-state index in [4.69, 9.17) is 0 Å². The van der Waals surface area contributed by atoms with Crippen LogP contribution < -0.4 is 10.2 Å². The topological polar surface area (TPSA) is 18.5 Å². The molecule has 1 N–H and O–H groups in total. The fourth-order valence-electron chi connectivity index (χ4n) is 2.99. The lowest BCUT2D eigenvalue weighted by atomic mass is 10.1. The van der Waals surface area contributed by atoms with Crippen LogP contribution in [0.2, 0.25) is 0 Å². The summed E-state index contributed by atoms with van der Waals surface area (Å²) in [5.41, 5.74) is 2.66. The highest BCUT2D eigenvalue weighted by molar-refractivity contribution is 9.10. The molecule has 1 fully saturated rings. The van der Waals surface area contributed by atoms with Crippen LogP contribution in [-0.4, -0.2) is 45.2 Å². The third-order valence-corrected chi connectivity index (χ3v) is 4.85. The van der Waals surface area contributed by atoms with Crippen molar-refractivity contribution in [3.8, 4) is 0 Å². The molecule has 0 aromatic heterocycles. The quantitative estimate of drug-likeness (QED) is 0.888. The van der Waals surface area contributed by atoms with E-state index in [1.54, 1.807) is 0 Å². The number of nitrogens with zero attached hydrogens (tertiary/aromatic N) is 2. The second-order valence-corrected chi connectivity index (χ2v) is 6.82. The third-order valence-electron chi connectivity index (χ3n) is 4.17. The van der Waals surface area contributed by atoms with Gasteiger partial charge in [0, 0.05) is 35.3 Å². The minimum Gasteiger partial charge on any atom is -0.367 e. The highest BCUT2D eigenvalue weighted by Gasteiger charge is 2.25. The van der Waals surface area contributed by atoms with Crippen LogP contribution in [0.3, 0.4) is 0 Å². The van der Waals surface area contributed by atoms with Crippen LogP contribution in [-0.2, 0) is 0 Å². The van der Waals surface area contributed by atoms with Crippen LogP contribution in [0.4, 0.5) is 5.69 Å². The Morgan fingerprint density at radius 3 is 2.80 bits per heavy atom. The number of halogens is 1. The van der Waals surface area contributed by atoms with Gasteiger partial charge in [-0.25, -0.2) is 0 Å². The maximum absolute atomic E-state index is 3.73. The van der Waals surface area contributed by atoms with Gasteiger partial charge in [-0.2, -0.15) is 0 Å². The van der Waals surface area contributed by atoms with Crippen LogP contribution in [0.25, 0.3) is 0 Å². The maximum atomic E-state index is 3.73. The van der Waals surface area contributed by atoms with E-state index >= 15 is 0 Å². The predicted octanol–water partition coefficient (Wildman–Crippen LogP) is 3.26. The van der Waals surface area contributed by atoms with Crippen molar-refractivity contribution in [2.24, 2.45) is 0 Å². The van der Waals surface area contributed by atoms with Crippen molar-refractivity contribution in [2.75, 3.05) is 39.1 Å². The fourth-order valence-corrected chi connectivity index (χ4v) is 3.70. The Labute approximate surface area is 131 Å². The second-order valence-electron chi connectivity index (χ2n) is 5.97. The van der Waals surface area contributed by atoms with E-state index in [0.717, 1.165) is 6.54 Å². The van der Waals surface area contributed by atoms with Crippen LogP contribution in [0.5, 0.6) is 0 Å². The monoisotopic (exact) mass is 339 g/mol. The summed E-state index contributed by atoms with van der Waals surface area (Å²) in [7, 11) is 6.31. The normalized spacial score (nSPS) is 20.7. The number of benzene rings is 1. The van der Waals surface area contributed by atoms with E-state index in [0.29, 0.717) is 12.1 Å². The SMILES string of the molecule is CNC(C)c1ccc(N2CCCC2CN(C)C)cc1Br. The van der Waals surface area contributed by atoms with Gasteiger partial charge in [-0.15, -0.1) is 0 Å². The summed E-state index contributed by atoms with van der Waals surface area (Å²) >= 11 is 3.73. The van der Waals surface area contributed by atoms with Crippen LogP contribution in [0.1, 0.15) is 31.4 Å². The molecule has 0 spiro atoms. The van der Waals surface area contributed by atoms with Crippen LogP contribution in [0.15, 0.2) is 22.7 Å². The Kier molecular flexibility index (Phi) is 5.47. The summed E-state index contributed by atoms with van der Waals surface area (Å²) in [6, 6.07) is 7.80. The van der Waals surface area contributed by atoms with Gasteiger partial charge in [-0.3, -0.25) is 0 Å². The van der Waals surface area contributed by atoms with E-state index in [1.807, 2.05) is 7.05 Å². The molecule has 0 saturated carbocycles. The smallest absolute Gasteiger partial charge is 0.0417 e. The van der Waals surface area contributed by atoms with Crippen LogP contribution >= 0.6 is 15.9 Å². The average Bonchev–Trinajstić information content (AvgIpc) is 2.85. The highest BCUT2D eigenvalue weighted by Crippen LogP contribution is 2.32. The van der Waals surface area contributed by atoms with Gasteiger partial charge < -0.3 is 15.1 Å². The largest absolute Gasteiger partial charge is 0.367 e. The maximum Gasteiger partial charge on any atom is 0.0417 e. The number of hydrogen-bond donors (Lipinski definition) is 1. The standard InChI is InChI=1S/C16H26BrN3/c1-12(18-2)15-8-7-13(10-16(15)17)20-9-5-6-14(20)11-19(3)4/h7-8,10,12,14,18H,5-6,9,11H2,1-4H3. The van der Waals surface area contributed by atoms with Crippen molar-refractivity contribution in [3.05, 3.63) is 28.2 Å². The van der Waals surface area contributed by atoms with Crippen molar-refractivity contribution in [3.63, 3.8) is 0 Å². The molecule has 1 aliphatic heterocycles. The lowest BCUT2D eigenvalue weighted by molar-refractivity contribution is 0.372. The number of anilines is 1. The molecule has 3 nitrogen and oxygen atoms in total. The molecule has 1 aliphatic rings. The van der Waals surface area contributed by atoms with Crippen LogP contribution in [0, 0.1) is 0 Å². The van der Waals surface area contributed by atoms with E-state index in [9.17, 15) is 0 Å². The molecule has 1 heterocycles. The molecule has 20 heavy (non-hydrogen) atoms. The Balaban J connectivity index is 2.18. The molecular weight excluding hydrogens is 314 g/mol. The Morgan fingerprint density at radius 1 is 1.45 bits per heavy atom. The zero-order valence-electron chi connectivity index (χ0n) is 13.0. The first kappa shape index (κ1) is 15.8. The fraction of sp³-hybridized carbons (Fsp3) is 0.625. The van der Waals surface area contributed by atoms with Crippen molar-refractivity contribution in [1.82, 2.24) is 10.2 Å². The third kappa shape index (κ3) is 3.54. The Bertz CT molecular complexity index is 447. The van der Waals surface area contributed by atoms with Gasteiger partial charge in [0.15, 0.2) is 0 Å². The highest BCUT2D eigenvalue weighted by atomic mass is 79.9. The predicted molar refractivity (Wildman–Crippen MR) is 90.5 cm³/mol. The molecule has 2 rings (SSSR count). The first-order chi connectivity index (χ1) is 9.52. The molecule has 112 valence electrons. The first-order valence-electron chi connectivity index (χ1n) is 7.41. The van der Waals surface area contributed by atoms with E-state index in [1.165, 1.54) is 35.1 Å². The van der Waals surface area contributed by atoms with Crippen molar-refractivity contribution in [1.29, 1.82) is 0 Å². The zero-order valence-corrected chi connectivity index (χ0v) is 14.6. The molecule has 0 amide bonds. The Hall–Kier alpha value is -0.580. The van der Waals surface area contributed by atoms with Crippen molar-refractivity contribution < 1.29 is 0 Å². The van der Waals surface area contributed by atoms with E-state index in [2.05, 4.69) is 70.3 Å². The number of rotatable bonds is 5. The molecule has 0 bridgehead atoms. The van der Waals surface area contributed by atoms with Gasteiger partial charge in [0.2, 0.25) is 0 Å². The molecule has 4 heteroatoms. The van der Waals surface area contributed by atoms with Gasteiger partial charge in [-0.05, 0) is 58.6 Å². The van der Waals surface area contributed by atoms with Gasteiger partial charge in [0.1, 0.15) is 0 Å². The number of likely N-dealkylation sites (N-methyl/N-ethyl adjacent to an activating group) is 1. The molecule has 1 aromatic carbocycles. The molecule has 1 aromatic rings. The molecule has 2 atom stereocenters. The van der Waals surface area contributed by atoms with Crippen molar-refractivity contribution in [2.45, 2.75) is 31.8 Å².